The molecule has 1 atom stereocenters. The summed E-state index contributed by atoms with van der Waals surface area (Å²) < 4.78 is 74.0. The summed E-state index contributed by atoms with van der Waals surface area (Å²) in [4.78, 5) is 7.87. The van der Waals surface area contributed by atoms with E-state index in [4.69, 9.17) is 4.74 Å². The third-order valence-corrected chi connectivity index (χ3v) is 7.78. The topological polar surface area (TPSA) is 81.2 Å². The first kappa shape index (κ1) is 24.8. The fraction of sp³-hybridized carbons (Fsp3) is 0.185. The molecule has 4 aromatic rings. The van der Waals surface area contributed by atoms with E-state index in [1.165, 1.54) is 37.7 Å². The van der Waals surface area contributed by atoms with E-state index in [1.54, 1.807) is 42.5 Å². The lowest BCUT2D eigenvalue weighted by Gasteiger charge is -2.20. The van der Waals surface area contributed by atoms with Gasteiger partial charge >= 0.3 is 6.18 Å². The van der Waals surface area contributed by atoms with Crippen LogP contribution in [0.2, 0.25) is 0 Å². The van der Waals surface area contributed by atoms with Crippen molar-refractivity contribution < 1.29 is 26.3 Å². The first-order chi connectivity index (χ1) is 17.7. The first-order valence-electron chi connectivity index (χ1n) is 11.4. The number of hydrogen-bond donors (Lipinski definition) is 1. The molecule has 190 valence electrons. The monoisotopic (exact) mass is 525 g/mol. The molecule has 0 radical (unpaired) electrons. The number of ether oxygens (including phenoxy) is 1. The number of aryl methyl sites for hydroxylation is 1. The standard InChI is InChI=1S/C27H22F3N3O3S/c1-36-20-7-3-17(4-8-20)25-16-19(27(28,29)30)6-11-24(25)23-10-5-18-15-21(9-12-22(18)23)37(34,35)33-26-31-13-2-14-32-26/h2-4,6-9,11-16,23H,5,10H2,1H3,(H,31,32,33)/t23-/m0/s1. The number of halogens is 3. The molecule has 5 rings (SSSR count). The number of methoxy groups -OCH3 is 1. The SMILES string of the molecule is COc1ccc(-c2cc(C(F)(F)F)ccc2[C@H]2CCc3cc(S(=O)(=O)Nc4ncccn4)ccc32)cc1. The van der Waals surface area contributed by atoms with E-state index in [9.17, 15) is 21.6 Å². The van der Waals surface area contributed by atoms with Gasteiger partial charge < -0.3 is 4.74 Å². The van der Waals surface area contributed by atoms with E-state index < -0.39 is 21.8 Å². The largest absolute Gasteiger partial charge is 0.497 e. The lowest BCUT2D eigenvalue weighted by molar-refractivity contribution is -0.137. The molecule has 1 heterocycles. The van der Waals surface area contributed by atoms with Gasteiger partial charge in [0.15, 0.2) is 0 Å². The minimum atomic E-state index is -4.48. The van der Waals surface area contributed by atoms with Crippen molar-refractivity contribution in [2.75, 3.05) is 11.8 Å². The van der Waals surface area contributed by atoms with E-state index in [-0.39, 0.29) is 16.8 Å². The van der Waals surface area contributed by atoms with Gasteiger partial charge in [-0.25, -0.2) is 23.1 Å². The van der Waals surface area contributed by atoms with Crippen LogP contribution in [0.25, 0.3) is 11.1 Å². The molecule has 0 saturated carbocycles. The number of anilines is 1. The van der Waals surface area contributed by atoms with Gasteiger partial charge in [-0.2, -0.15) is 13.2 Å². The van der Waals surface area contributed by atoms with Crippen LogP contribution in [0, 0.1) is 0 Å². The minimum absolute atomic E-state index is 0.0326. The number of benzene rings is 3. The van der Waals surface area contributed by atoms with Gasteiger partial charge in [0.1, 0.15) is 5.75 Å². The van der Waals surface area contributed by atoms with Crippen LogP contribution in [-0.2, 0) is 22.6 Å². The molecule has 0 saturated heterocycles. The van der Waals surface area contributed by atoms with Crippen molar-refractivity contribution in [3.8, 4) is 16.9 Å². The third kappa shape index (κ3) is 5.01. The van der Waals surface area contributed by atoms with Gasteiger partial charge in [-0.15, -0.1) is 0 Å². The number of alkyl halides is 3. The van der Waals surface area contributed by atoms with Gasteiger partial charge in [0, 0.05) is 18.3 Å². The van der Waals surface area contributed by atoms with Crippen LogP contribution in [-0.4, -0.2) is 25.5 Å². The Kier molecular flexibility index (Phi) is 6.36. The predicted octanol–water partition coefficient (Wildman–Crippen LogP) is 6.05. The van der Waals surface area contributed by atoms with Gasteiger partial charge in [0.2, 0.25) is 5.95 Å². The van der Waals surface area contributed by atoms with E-state index in [0.29, 0.717) is 29.7 Å². The molecule has 6 nitrogen and oxygen atoms in total. The van der Waals surface area contributed by atoms with Crippen LogP contribution in [0.5, 0.6) is 5.75 Å². The molecule has 37 heavy (non-hydrogen) atoms. The molecule has 0 aliphatic heterocycles. The van der Waals surface area contributed by atoms with Gasteiger partial charge in [0.05, 0.1) is 17.6 Å². The summed E-state index contributed by atoms with van der Waals surface area (Å²) >= 11 is 0. The zero-order valence-electron chi connectivity index (χ0n) is 19.7. The Labute approximate surface area is 212 Å². The Hall–Kier alpha value is -3.92. The molecule has 0 spiro atoms. The van der Waals surface area contributed by atoms with E-state index in [2.05, 4.69) is 14.7 Å². The fourth-order valence-electron chi connectivity index (χ4n) is 4.67. The van der Waals surface area contributed by atoms with Crippen LogP contribution in [0.15, 0.2) is 84.0 Å². The highest BCUT2D eigenvalue weighted by Crippen LogP contribution is 2.44. The summed E-state index contributed by atoms with van der Waals surface area (Å²) in [6, 6.07) is 17.1. The highest BCUT2D eigenvalue weighted by molar-refractivity contribution is 7.92. The van der Waals surface area contributed by atoms with Crippen LogP contribution in [0.4, 0.5) is 19.1 Å². The van der Waals surface area contributed by atoms with Crippen molar-refractivity contribution in [3.05, 3.63) is 101 Å². The second kappa shape index (κ2) is 9.51. The van der Waals surface area contributed by atoms with Crippen molar-refractivity contribution in [2.45, 2.75) is 29.8 Å². The maximum absolute atomic E-state index is 13.6. The summed E-state index contributed by atoms with van der Waals surface area (Å²) in [5.41, 5.74) is 2.88. The van der Waals surface area contributed by atoms with E-state index in [1.807, 2.05) is 0 Å². The summed E-state index contributed by atoms with van der Waals surface area (Å²) in [7, 11) is -2.38. The second-order valence-corrected chi connectivity index (χ2v) is 10.3. The summed E-state index contributed by atoms with van der Waals surface area (Å²) in [5.74, 6) is 0.387. The molecular formula is C27H22F3N3O3S. The molecule has 1 aromatic heterocycles. The average Bonchev–Trinajstić information content (AvgIpc) is 3.31. The predicted molar refractivity (Wildman–Crippen MR) is 133 cm³/mol. The molecule has 1 N–H and O–H groups in total. The lowest BCUT2D eigenvalue weighted by atomic mass is 9.86. The Balaban J connectivity index is 1.53. The summed E-state index contributed by atoms with van der Waals surface area (Å²) in [6.45, 7) is 0. The Morgan fingerprint density at radius 1 is 0.946 bits per heavy atom. The molecule has 0 unspecified atom stereocenters. The molecular weight excluding hydrogens is 503 g/mol. The van der Waals surface area contributed by atoms with Crippen molar-refractivity contribution in [2.24, 2.45) is 0 Å². The molecule has 10 heteroatoms. The van der Waals surface area contributed by atoms with Crippen LogP contribution >= 0.6 is 0 Å². The van der Waals surface area contributed by atoms with Gasteiger partial charge in [-0.3, -0.25) is 0 Å². The zero-order chi connectivity index (χ0) is 26.2. The Morgan fingerprint density at radius 2 is 1.65 bits per heavy atom. The number of fused-ring (bicyclic) bond motifs is 1. The molecule has 1 aliphatic carbocycles. The van der Waals surface area contributed by atoms with Crippen LogP contribution < -0.4 is 9.46 Å². The molecule has 0 fully saturated rings. The van der Waals surface area contributed by atoms with Gasteiger partial charge in [0.25, 0.3) is 10.0 Å². The molecule has 3 aromatic carbocycles. The van der Waals surface area contributed by atoms with E-state index in [0.717, 1.165) is 22.8 Å². The van der Waals surface area contributed by atoms with E-state index >= 15 is 0 Å². The number of nitrogens with zero attached hydrogens (tertiary/aromatic N) is 2. The lowest BCUT2D eigenvalue weighted by Crippen LogP contribution is -2.15. The number of aromatic nitrogens is 2. The number of sulfonamides is 1. The molecule has 0 bridgehead atoms. The molecule has 0 amide bonds. The zero-order valence-corrected chi connectivity index (χ0v) is 20.5. The highest BCUT2D eigenvalue weighted by Gasteiger charge is 2.33. The average molecular weight is 526 g/mol. The molecule has 1 aliphatic rings. The summed E-state index contributed by atoms with van der Waals surface area (Å²) in [6.07, 6.45) is -0.381. The van der Waals surface area contributed by atoms with Crippen molar-refractivity contribution in [3.63, 3.8) is 0 Å². The minimum Gasteiger partial charge on any atom is -0.497 e. The van der Waals surface area contributed by atoms with Gasteiger partial charge in [-0.1, -0.05) is 24.3 Å². The quantitative estimate of drug-likeness (QED) is 0.332. The number of rotatable bonds is 6. The third-order valence-electron chi connectivity index (χ3n) is 6.45. The van der Waals surface area contributed by atoms with Crippen LogP contribution in [0.1, 0.15) is 34.6 Å². The van der Waals surface area contributed by atoms with Crippen LogP contribution in [0.3, 0.4) is 0 Å². The fourth-order valence-corrected chi connectivity index (χ4v) is 5.68. The van der Waals surface area contributed by atoms with Crippen molar-refractivity contribution in [1.82, 2.24) is 9.97 Å². The number of nitrogens with one attached hydrogen (secondary N) is 1. The Bertz CT molecular complexity index is 1540. The summed E-state index contributed by atoms with van der Waals surface area (Å²) in [5, 5.41) is 0. The Morgan fingerprint density at radius 3 is 2.32 bits per heavy atom. The first-order valence-corrected chi connectivity index (χ1v) is 12.9. The number of hydrogen-bond acceptors (Lipinski definition) is 5. The second-order valence-electron chi connectivity index (χ2n) is 8.66. The maximum atomic E-state index is 13.6. The smallest absolute Gasteiger partial charge is 0.416 e. The van der Waals surface area contributed by atoms with Crippen molar-refractivity contribution in [1.29, 1.82) is 0 Å². The maximum Gasteiger partial charge on any atom is 0.416 e. The van der Waals surface area contributed by atoms with Gasteiger partial charge in [-0.05, 0) is 83.1 Å². The highest BCUT2D eigenvalue weighted by atomic mass is 32.2. The van der Waals surface area contributed by atoms with Crippen molar-refractivity contribution >= 4 is 16.0 Å². The normalized spacial score (nSPS) is 15.3.